The molecule has 0 rings (SSSR count). The second kappa shape index (κ2) is 64.2. The number of carbonyl (C=O) groups is 1. The minimum Gasteiger partial charge on any atom is -0.499 e. The van der Waals surface area contributed by atoms with E-state index in [1.54, 1.807) is 0 Å². The van der Waals surface area contributed by atoms with Gasteiger partial charge in [0, 0.05) is 5.92 Å². The van der Waals surface area contributed by atoms with Gasteiger partial charge in [-0.15, -0.1) is 0 Å². The standard InChI is InChI=1S/C22H42O4.C14H28O4.C8H16O.C6H14O4/c1-5-9-11-21(7-3)19-25-17-15-23-13-14-24-16-18-26-20-22(8-4)12-10-6-2;1-3-5-6-14(4-2)13-18-12-11-17-10-9-16-8-7-15;1-3-5-6-8(4-2)7-9;7-1-3-9-5-6-10-4-2-8/h19-20H,5-18H2,1-4H3;13,15H,3-12H2,1-2H3;7-8H,3-6H2,1-2H3;7-8H,1-6H2. The predicted molar refractivity (Wildman–Crippen MR) is 257 cm³/mol. The number of allylic oxidation sites excluding steroid dienone is 3. The summed E-state index contributed by atoms with van der Waals surface area (Å²) in [6, 6.07) is 0. The van der Waals surface area contributed by atoms with Crippen LogP contribution in [0.2, 0.25) is 0 Å². The molecule has 0 aliphatic rings. The molecule has 0 aromatic rings. The third kappa shape index (κ3) is 62.1. The molecule has 13 nitrogen and oxygen atoms in total. The highest BCUT2D eigenvalue weighted by molar-refractivity contribution is 5.53. The molecule has 63 heavy (non-hydrogen) atoms. The normalized spacial score (nSPS) is 12.0. The van der Waals surface area contributed by atoms with Crippen LogP contribution >= 0.6 is 0 Å². The van der Waals surface area contributed by atoms with Crippen LogP contribution in [0.15, 0.2) is 35.5 Å². The smallest absolute Gasteiger partial charge is 0.123 e. The zero-order valence-corrected chi connectivity index (χ0v) is 41.9. The summed E-state index contributed by atoms with van der Waals surface area (Å²) in [6.45, 7) is 25.3. The van der Waals surface area contributed by atoms with Crippen molar-refractivity contribution in [2.45, 2.75) is 158 Å². The van der Waals surface area contributed by atoms with Crippen LogP contribution < -0.4 is 0 Å². The Morgan fingerprint density at radius 3 is 0.889 bits per heavy atom. The lowest BCUT2D eigenvalue weighted by molar-refractivity contribution is -0.111. The summed E-state index contributed by atoms with van der Waals surface area (Å²) in [4.78, 5) is 10.2. The average molecular weight is 909 g/mol. The van der Waals surface area contributed by atoms with Crippen molar-refractivity contribution in [2.75, 3.05) is 119 Å². The molecule has 0 bridgehead atoms. The van der Waals surface area contributed by atoms with E-state index in [0.29, 0.717) is 105 Å². The van der Waals surface area contributed by atoms with E-state index in [9.17, 15) is 4.79 Å². The first-order valence-corrected chi connectivity index (χ1v) is 24.5. The molecule has 0 aliphatic heterocycles. The van der Waals surface area contributed by atoms with Crippen LogP contribution in [0.25, 0.3) is 0 Å². The van der Waals surface area contributed by atoms with E-state index in [4.69, 9.17) is 58.0 Å². The molecular formula is C50H100O13. The van der Waals surface area contributed by atoms with Gasteiger partial charge in [-0.3, -0.25) is 0 Å². The second-order valence-electron chi connectivity index (χ2n) is 14.6. The molecule has 1 unspecified atom stereocenters. The number of unbranched alkanes of at least 4 members (excludes halogenated alkanes) is 4. The lowest BCUT2D eigenvalue weighted by atomic mass is 10.0. The summed E-state index contributed by atoms with van der Waals surface area (Å²) < 4.78 is 47.7. The van der Waals surface area contributed by atoms with Crippen LogP contribution in [0.3, 0.4) is 0 Å². The summed E-state index contributed by atoms with van der Waals surface area (Å²) in [6.07, 6.45) is 25.2. The largest absolute Gasteiger partial charge is 0.499 e. The molecule has 0 fully saturated rings. The lowest BCUT2D eigenvalue weighted by Gasteiger charge is -2.08. The molecule has 0 aliphatic carbocycles. The van der Waals surface area contributed by atoms with E-state index >= 15 is 0 Å². The lowest BCUT2D eigenvalue weighted by Crippen LogP contribution is -2.10. The minimum atomic E-state index is 0.0417. The van der Waals surface area contributed by atoms with Crippen molar-refractivity contribution in [3.63, 3.8) is 0 Å². The van der Waals surface area contributed by atoms with Crippen LogP contribution in [-0.2, 0) is 47.4 Å². The predicted octanol–water partition coefficient (Wildman–Crippen LogP) is 9.94. The highest BCUT2D eigenvalue weighted by atomic mass is 16.6. The fourth-order valence-electron chi connectivity index (χ4n) is 5.01. The quantitative estimate of drug-likeness (QED) is 0.0301. The number of aliphatic hydroxyl groups excluding tert-OH is 3. The number of ether oxygens (including phenoxy) is 9. The van der Waals surface area contributed by atoms with Crippen molar-refractivity contribution >= 4 is 6.29 Å². The van der Waals surface area contributed by atoms with Gasteiger partial charge in [-0.05, 0) is 87.3 Å². The van der Waals surface area contributed by atoms with Gasteiger partial charge in [-0.25, -0.2) is 0 Å². The molecule has 0 aromatic carbocycles. The topological polar surface area (TPSA) is 161 Å². The van der Waals surface area contributed by atoms with E-state index in [-0.39, 0.29) is 19.8 Å². The molecule has 0 spiro atoms. The van der Waals surface area contributed by atoms with Crippen molar-refractivity contribution in [1.82, 2.24) is 0 Å². The van der Waals surface area contributed by atoms with Gasteiger partial charge in [-0.2, -0.15) is 0 Å². The van der Waals surface area contributed by atoms with E-state index in [1.807, 2.05) is 18.8 Å². The Morgan fingerprint density at radius 2 is 0.667 bits per heavy atom. The fraction of sp³-hybridized carbons (Fsp3) is 0.860. The van der Waals surface area contributed by atoms with Crippen molar-refractivity contribution < 1.29 is 62.7 Å². The first-order valence-electron chi connectivity index (χ1n) is 24.5. The van der Waals surface area contributed by atoms with Crippen LogP contribution in [0.4, 0.5) is 0 Å². The molecule has 0 saturated carbocycles. The van der Waals surface area contributed by atoms with Crippen molar-refractivity contribution in [3.05, 3.63) is 35.5 Å². The van der Waals surface area contributed by atoms with E-state index in [1.165, 1.54) is 68.1 Å². The Labute approximate surface area is 386 Å². The summed E-state index contributed by atoms with van der Waals surface area (Å²) in [5, 5.41) is 25.0. The number of hydrogen-bond donors (Lipinski definition) is 3. The highest BCUT2D eigenvalue weighted by Crippen LogP contribution is 2.13. The molecule has 0 saturated heterocycles. The second-order valence-corrected chi connectivity index (χ2v) is 14.6. The summed E-state index contributed by atoms with van der Waals surface area (Å²) in [7, 11) is 0. The third-order valence-electron chi connectivity index (χ3n) is 9.17. The SMILES string of the molecule is CCCCC(=COCCOCCOCCO)CC.CCCCC(=COCCOCCOCCOC=C(CC)CCCC)CC.CCCCC(C=O)CC.OCCOCCOCCO. The summed E-state index contributed by atoms with van der Waals surface area (Å²) >= 11 is 0. The van der Waals surface area contributed by atoms with E-state index in [2.05, 4.69) is 55.4 Å². The van der Waals surface area contributed by atoms with Crippen molar-refractivity contribution in [3.8, 4) is 0 Å². The van der Waals surface area contributed by atoms with Gasteiger partial charge >= 0.3 is 0 Å². The van der Waals surface area contributed by atoms with Crippen molar-refractivity contribution in [1.29, 1.82) is 0 Å². The molecule has 3 N–H and O–H groups in total. The maximum absolute atomic E-state index is 10.2. The molecule has 0 amide bonds. The molecule has 0 heterocycles. The van der Waals surface area contributed by atoms with Crippen LogP contribution in [0.5, 0.6) is 0 Å². The van der Waals surface area contributed by atoms with Gasteiger partial charge in [0.05, 0.1) is 118 Å². The van der Waals surface area contributed by atoms with Crippen LogP contribution in [0, 0.1) is 5.92 Å². The number of aldehydes is 1. The Kier molecular flexibility index (Phi) is 68.8. The third-order valence-corrected chi connectivity index (χ3v) is 9.17. The van der Waals surface area contributed by atoms with Gasteiger partial charge in [-0.1, -0.05) is 87.5 Å². The van der Waals surface area contributed by atoms with Crippen LogP contribution in [-0.4, -0.2) is 141 Å². The van der Waals surface area contributed by atoms with Gasteiger partial charge < -0.3 is 62.7 Å². The Morgan fingerprint density at radius 1 is 0.397 bits per heavy atom. The van der Waals surface area contributed by atoms with E-state index < -0.39 is 0 Å². The number of aliphatic hydroxyl groups is 3. The highest BCUT2D eigenvalue weighted by Gasteiger charge is 2.01. The number of carbonyl (C=O) groups excluding carboxylic acids is 1. The number of hydrogen-bond acceptors (Lipinski definition) is 13. The Balaban J connectivity index is -0.000000405. The molecular weight excluding hydrogens is 809 g/mol. The number of rotatable bonds is 44. The van der Waals surface area contributed by atoms with Gasteiger partial charge in [0.1, 0.15) is 26.1 Å². The van der Waals surface area contributed by atoms with Gasteiger partial charge in [0.2, 0.25) is 0 Å². The first-order chi connectivity index (χ1) is 30.9. The minimum absolute atomic E-state index is 0.0417. The maximum Gasteiger partial charge on any atom is 0.123 e. The fourth-order valence-corrected chi connectivity index (χ4v) is 5.01. The molecule has 1 atom stereocenters. The molecule has 378 valence electrons. The van der Waals surface area contributed by atoms with Crippen molar-refractivity contribution in [2.24, 2.45) is 5.92 Å². The zero-order chi connectivity index (χ0) is 47.5. The molecule has 0 aromatic heterocycles. The monoisotopic (exact) mass is 909 g/mol. The van der Waals surface area contributed by atoms with Crippen LogP contribution in [0.1, 0.15) is 158 Å². The average Bonchev–Trinajstić information content (AvgIpc) is 3.31. The molecule has 13 heteroatoms. The Hall–Kier alpha value is -2.07. The van der Waals surface area contributed by atoms with Gasteiger partial charge in [0.25, 0.3) is 0 Å². The molecule has 0 radical (unpaired) electrons. The first kappa shape index (κ1) is 67.5. The maximum atomic E-state index is 10.2. The zero-order valence-electron chi connectivity index (χ0n) is 41.9. The van der Waals surface area contributed by atoms with E-state index in [0.717, 1.165) is 57.7 Å². The van der Waals surface area contributed by atoms with Gasteiger partial charge in [0.15, 0.2) is 0 Å². The summed E-state index contributed by atoms with van der Waals surface area (Å²) in [5.41, 5.74) is 4.12. The Bertz CT molecular complexity index is 888. The summed E-state index contributed by atoms with van der Waals surface area (Å²) in [5.74, 6) is 0.324.